The van der Waals surface area contributed by atoms with Gasteiger partial charge in [-0.05, 0) is 12.5 Å². The summed E-state index contributed by atoms with van der Waals surface area (Å²) in [6.07, 6.45) is 1.03. The fourth-order valence-corrected chi connectivity index (χ4v) is 2.59. The molecule has 1 aromatic heterocycles. The summed E-state index contributed by atoms with van der Waals surface area (Å²) in [5, 5.41) is 5.20. The molecule has 1 rings (SSSR count). The highest BCUT2D eigenvalue weighted by Gasteiger charge is 2.17. The van der Waals surface area contributed by atoms with Crippen LogP contribution in [0.1, 0.15) is 34.1 Å². The van der Waals surface area contributed by atoms with Gasteiger partial charge in [0, 0.05) is 11.3 Å². The van der Waals surface area contributed by atoms with Gasteiger partial charge in [0.25, 0.3) is 0 Å². The fourth-order valence-electron chi connectivity index (χ4n) is 1.18. The average molecular weight is 293 g/mol. The summed E-state index contributed by atoms with van der Waals surface area (Å²) >= 11 is 13.9. The van der Waals surface area contributed by atoms with Crippen molar-refractivity contribution in [2.75, 3.05) is 11.9 Å². The van der Waals surface area contributed by atoms with Crippen LogP contribution in [0.2, 0.25) is 10.0 Å². The van der Waals surface area contributed by atoms with Crippen LogP contribution in [0.5, 0.6) is 0 Å². The molecule has 0 spiro atoms. The van der Waals surface area contributed by atoms with Gasteiger partial charge in [-0.15, -0.1) is 0 Å². The van der Waals surface area contributed by atoms with Crippen LogP contribution in [0, 0.1) is 0 Å². The van der Waals surface area contributed by atoms with Crippen molar-refractivity contribution >= 4 is 40.8 Å². The van der Waals surface area contributed by atoms with Gasteiger partial charge in [-0.3, -0.25) is 0 Å². The Kier molecular flexibility index (Phi) is 5.42. The number of hydrogen-bond acceptors (Lipinski definition) is 3. The predicted octanol–water partition coefficient (Wildman–Crippen LogP) is 5.10. The first-order chi connectivity index (χ1) is 7.83. The quantitative estimate of drug-likeness (QED) is 0.782. The van der Waals surface area contributed by atoms with E-state index in [1.807, 2.05) is 0 Å². The summed E-state index contributed by atoms with van der Waals surface area (Å²) in [6.45, 7) is 9.34. The van der Waals surface area contributed by atoms with E-state index in [-0.39, 0.29) is 4.75 Å². The van der Waals surface area contributed by atoms with Crippen LogP contribution in [0.4, 0.5) is 5.82 Å². The van der Waals surface area contributed by atoms with Crippen molar-refractivity contribution in [2.45, 2.75) is 43.9 Å². The maximum absolute atomic E-state index is 6.15. The molecule has 0 unspecified atom stereocenters. The third-order valence-corrected chi connectivity index (χ3v) is 3.65. The lowest BCUT2D eigenvalue weighted by molar-refractivity contribution is 0.799. The van der Waals surface area contributed by atoms with Gasteiger partial charge in [0.2, 0.25) is 0 Å². The minimum atomic E-state index is 0.0759. The van der Waals surface area contributed by atoms with Crippen LogP contribution in [-0.2, 0) is 0 Å². The molecule has 0 saturated carbocycles. The minimum absolute atomic E-state index is 0.0759. The van der Waals surface area contributed by atoms with Gasteiger partial charge >= 0.3 is 0 Å². The van der Waals surface area contributed by atoms with Crippen LogP contribution >= 0.6 is 35.0 Å². The number of anilines is 1. The van der Waals surface area contributed by atoms with Crippen molar-refractivity contribution in [3.63, 3.8) is 0 Å². The molecule has 1 aromatic rings. The molecule has 96 valence electrons. The predicted molar refractivity (Wildman–Crippen MR) is 78.6 cm³/mol. The summed E-state index contributed by atoms with van der Waals surface area (Å²) < 4.78 is 0.0759. The van der Waals surface area contributed by atoms with E-state index in [9.17, 15) is 0 Å². The summed E-state index contributed by atoms with van der Waals surface area (Å²) in [4.78, 5) is 4.48. The van der Waals surface area contributed by atoms with E-state index in [0.717, 1.165) is 18.0 Å². The first kappa shape index (κ1) is 14.9. The molecule has 0 saturated heterocycles. The second-order valence-corrected chi connectivity index (χ2v) is 7.38. The number of nitrogens with one attached hydrogen (secondary N) is 1. The third kappa shape index (κ3) is 4.94. The molecular formula is C12H18Cl2N2S. The number of pyridine rings is 1. The molecule has 0 fully saturated rings. The highest BCUT2D eigenvalue weighted by molar-refractivity contribution is 8.00. The molecule has 17 heavy (non-hydrogen) atoms. The molecule has 0 aliphatic heterocycles. The monoisotopic (exact) mass is 292 g/mol. The van der Waals surface area contributed by atoms with Crippen molar-refractivity contribution in [1.29, 1.82) is 0 Å². The molecule has 0 amide bonds. The van der Waals surface area contributed by atoms with Gasteiger partial charge in [-0.1, -0.05) is 62.7 Å². The zero-order valence-electron chi connectivity index (χ0n) is 10.6. The van der Waals surface area contributed by atoms with E-state index < -0.39 is 0 Å². The van der Waals surface area contributed by atoms with Crippen molar-refractivity contribution in [3.05, 3.63) is 16.1 Å². The lowest BCUT2D eigenvalue weighted by atomic mass is 10.3. The first-order valence-electron chi connectivity index (χ1n) is 5.62. The Bertz CT molecular complexity index is 389. The lowest BCUT2D eigenvalue weighted by Crippen LogP contribution is -2.09. The van der Waals surface area contributed by atoms with Crippen molar-refractivity contribution < 1.29 is 0 Å². The zero-order valence-corrected chi connectivity index (χ0v) is 12.9. The highest BCUT2D eigenvalue weighted by atomic mass is 35.5. The number of aromatic nitrogens is 1. The van der Waals surface area contributed by atoms with Crippen LogP contribution in [0.15, 0.2) is 11.1 Å². The molecule has 0 bridgehead atoms. The van der Waals surface area contributed by atoms with Crippen LogP contribution in [0.25, 0.3) is 0 Å². The maximum Gasteiger partial charge on any atom is 0.146 e. The van der Waals surface area contributed by atoms with E-state index in [4.69, 9.17) is 23.2 Å². The van der Waals surface area contributed by atoms with Crippen LogP contribution in [0.3, 0.4) is 0 Å². The largest absolute Gasteiger partial charge is 0.369 e. The van der Waals surface area contributed by atoms with Gasteiger partial charge in [-0.2, -0.15) is 0 Å². The molecule has 2 nitrogen and oxygen atoms in total. The average Bonchev–Trinajstić information content (AvgIpc) is 2.18. The maximum atomic E-state index is 6.15. The molecular weight excluding hydrogens is 275 g/mol. The topological polar surface area (TPSA) is 24.9 Å². The van der Waals surface area contributed by atoms with Gasteiger partial charge in [-0.25, -0.2) is 4.98 Å². The Balaban J connectivity index is 2.97. The molecule has 0 radical (unpaired) electrons. The lowest BCUT2D eigenvalue weighted by Gasteiger charge is -2.18. The van der Waals surface area contributed by atoms with Gasteiger partial charge in [0.05, 0.1) is 10.0 Å². The van der Waals surface area contributed by atoms with E-state index in [0.29, 0.717) is 15.9 Å². The van der Waals surface area contributed by atoms with E-state index in [1.165, 1.54) is 0 Å². The molecule has 5 heteroatoms. The van der Waals surface area contributed by atoms with Crippen molar-refractivity contribution in [1.82, 2.24) is 4.98 Å². The summed E-state index contributed by atoms with van der Waals surface area (Å²) in [7, 11) is 0. The third-order valence-electron chi connectivity index (χ3n) is 1.84. The normalized spacial score (nSPS) is 11.6. The first-order valence-corrected chi connectivity index (χ1v) is 7.19. The Hall–Kier alpha value is -0.120. The fraction of sp³-hybridized carbons (Fsp3) is 0.583. The SMILES string of the molecule is CCCNc1nc(SC(C)(C)C)c(Cl)cc1Cl. The molecule has 0 aliphatic rings. The van der Waals surface area contributed by atoms with Gasteiger partial charge in [0.15, 0.2) is 0 Å². The second-order valence-electron chi connectivity index (χ2n) is 4.75. The van der Waals surface area contributed by atoms with Crippen molar-refractivity contribution in [2.24, 2.45) is 0 Å². The Labute approximate surface area is 117 Å². The number of hydrogen-bond donors (Lipinski definition) is 1. The Morgan fingerprint density at radius 1 is 1.29 bits per heavy atom. The van der Waals surface area contributed by atoms with Gasteiger partial charge < -0.3 is 5.32 Å². The summed E-state index contributed by atoms with van der Waals surface area (Å²) in [6, 6.07) is 1.75. The molecule has 0 aromatic carbocycles. The van der Waals surface area contributed by atoms with Crippen LogP contribution < -0.4 is 5.32 Å². The number of halogens is 2. The Morgan fingerprint density at radius 3 is 2.47 bits per heavy atom. The van der Waals surface area contributed by atoms with Crippen molar-refractivity contribution in [3.8, 4) is 0 Å². The molecule has 0 aliphatic carbocycles. The van der Waals surface area contributed by atoms with E-state index in [1.54, 1.807) is 17.8 Å². The summed E-state index contributed by atoms with van der Waals surface area (Å²) in [5.74, 6) is 0.713. The van der Waals surface area contributed by atoms with Crippen LogP contribution in [-0.4, -0.2) is 16.3 Å². The van der Waals surface area contributed by atoms with Gasteiger partial charge in [0.1, 0.15) is 10.8 Å². The zero-order chi connectivity index (χ0) is 13.1. The summed E-state index contributed by atoms with van der Waals surface area (Å²) in [5.41, 5.74) is 0. The second kappa shape index (κ2) is 6.17. The molecule has 1 heterocycles. The smallest absolute Gasteiger partial charge is 0.146 e. The minimum Gasteiger partial charge on any atom is -0.369 e. The van der Waals surface area contributed by atoms with E-state index >= 15 is 0 Å². The molecule has 1 N–H and O–H groups in total. The number of rotatable bonds is 4. The number of nitrogens with zero attached hydrogens (tertiary/aromatic N) is 1. The Morgan fingerprint density at radius 2 is 1.94 bits per heavy atom. The number of thioether (sulfide) groups is 1. The standard InChI is InChI=1S/C12H18Cl2N2S/c1-5-6-15-10-8(13)7-9(14)11(16-10)17-12(2,3)4/h7H,5-6H2,1-4H3,(H,15,16). The molecule has 0 atom stereocenters. The van der Waals surface area contributed by atoms with E-state index in [2.05, 4.69) is 38.0 Å². The highest BCUT2D eigenvalue weighted by Crippen LogP contribution is 2.37.